The van der Waals surface area contributed by atoms with E-state index in [1.54, 1.807) is 36.4 Å². The van der Waals surface area contributed by atoms with E-state index in [4.69, 9.17) is 0 Å². The highest BCUT2D eigenvalue weighted by atomic mass is 79.9. The van der Waals surface area contributed by atoms with Crippen molar-refractivity contribution in [2.45, 2.75) is 5.60 Å². The monoisotopic (exact) mass is 303 g/mol. The van der Waals surface area contributed by atoms with Crippen LogP contribution in [-0.4, -0.2) is 11.0 Å². The predicted molar refractivity (Wildman–Crippen MR) is 72.2 cm³/mol. The van der Waals surface area contributed by atoms with Gasteiger partial charge in [-0.25, -0.2) is 0 Å². The third-order valence-corrected chi connectivity index (χ3v) is 3.63. The number of amides is 1. The molecule has 0 saturated heterocycles. The van der Waals surface area contributed by atoms with E-state index >= 15 is 0 Å². The number of nitrogens with one attached hydrogen (secondary N) is 1. The van der Waals surface area contributed by atoms with Crippen LogP contribution in [0, 0.1) is 0 Å². The molecule has 0 aromatic heterocycles. The van der Waals surface area contributed by atoms with Crippen LogP contribution in [0.5, 0.6) is 0 Å². The molecule has 2 N–H and O–H groups in total. The molecule has 0 saturated carbocycles. The van der Waals surface area contributed by atoms with Gasteiger partial charge in [0, 0.05) is 15.7 Å². The van der Waals surface area contributed by atoms with Crippen molar-refractivity contribution >= 4 is 27.5 Å². The number of halogens is 1. The van der Waals surface area contributed by atoms with Gasteiger partial charge in [-0.3, -0.25) is 4.79 Å². The second-order valence-electron chi connectivity index (χ2n) is 4.22. The Hall–Kier alpha value is -1.65. The highest BCUT2D eigenvalue weighted by molar-refractivity contribution is 9.10. The van der Waals surface area contributed by atoms with Crippen LogP contribution in [0.2, 0.25) is 0 Å². The zero-order valence-electron chi connectivity index (χ0n) is 9.35. The molecule has 0 radical (unpaired) electrons. The Morgan fingerprint density at radius 3 is 2.56 bits per heavy atom. The van der Waals surface area contributed by atoms with Crippen molar-refractivity contribution in [3.63, 3.8) is 0 Å². The van der Waals surface area contributed by atoms with Crippen molar-refractivity contribution in [3.05, 3.63) is 64.1 Å². The van der Waals surface area contributed by atoms with Gasteiger partial charge in [-0.2, -0.15) is 0 Å². The fourth-order valence-corrected chi connectivity index (χ4v) is 2.59. The molecule has 90 valence electrons. The summed E-state index contributed by atoms with van der Waals surface area (Å²) in [5.41, 5.74) is 0.183. The number of anilines is 1. The Kier molecular flexibility index (Phi) is 2.50. The number of hydrogen-bond acceptors (Lipinski definition) is 2. The maximum Gasteiger partial charge on any atom is 0.265 e. The van der Waals surface area contributed by atoms with Crippen LogP contribution in [0.15, 0.2) is 53.0 Å². The normalized spacial score (nSPS) is 21.6. The molecule has 4 heteroatoms. The molecular formula is C14H10BrNO2. The third kappa shape index (κ3) is 1.50. The van der Waals surface area contributed by atoms with Crippen LogP contribution in [-0.2, 0) is 10.4 Å². The van der Waals surface area contributed by atoms with Gasteiger partial charge in [0.15, 0.2) is 5.60 Å². The summed E-state index contributed by atoms with van der Waals surface area (Å²) in [6.07, 6.45) is 0. The van der Waals surface area contributed by atoms with Crippen LogP contribution in [0.1, 0.15) is 11.1 Å². The Labute approximate surface area is 113 Å². The standard InChI is InChI=1S/C14H10BrNO2/c15-10-6-7-12-11(8-10)14(18,13(17)16-12)9-4-2-1-3-5-9/h1-8,18H,(H,16,17)/t14-/m1/s1. The molecule has 1 atom stereocenters. The van der Waals surface area contributed by atoms with Crippen LogP contribution in [0.3, 0.4) is 0 Å². The van der Waals surface area contributed by atoms with Crippen LogP contribution in [0.25, 0.3) is 0 Å². The number of carbonyl (C=O) groups excluding carboxylic acids is 1. The van der Waals surface area contributed by atoms with E-state index in [2.05, 4.69) is 21.2 Å². The Balaban J connectivity index is 2.25. The highest BCUT2D eigenvalue weighted by Gasteiger charge is 2.46. The Morgan fingerprint density at radius 2 is 1.83 bits per heavy atom. The molecule has 3 nitrogen and oxygen atoms in total. The summed E-state index contributed by atoms with van der Waals surface area (Å²) in [5.74, 6) is -0.415. The first kappa shape index (κ1) is 11.4. The fraction of sp³-hybridized carbons (Fsp3) is 0.0714. The minimum atomic E-state index is -1.61. The van der Waals surface area contributed by atoms with Gasteiger partial charge < -0.3 is 10.4 Å². The van der Waals surface area contributed by atoms with Gasteiger partial charge >= 0.3 is 0 Å². The Morgan fingerprint density at radius 1 is 1.11 bits per heavy atom. The number of aliphatic hydroxyl groups is 1. The van der Waals surface area contributed by atoms with Crippen LogP contribution < -0.4 is 5.32 Å². The summed E-state index contributed by atoms with van der Waals surface area (Å²) < 4.78 is 0.826. The topological polar surface area (TPSA) is 49.3 Å². The van der Waals surface area contributed by atoms with Gasteiger partial charge in [0.25, 0.3) is 5.91 Å². The summed E-state index contributed by atoms with van der Waals surface area (Å²) in [4.78, 5) is 12.1. The molecule has 0 unspecified atom stereocenters. The lowest BCUT2D eigenvalue weighted by molar-refractivity contribution is -0.129. The molecule has 0 fully saturated rings. The van der Waals surface area contributed by atoms with Gasteiger partial charge in [0.2, 0.25) is 0 Å². The second kappa shape index (κ2) is 3.93. The van der Waals surface area contributed by atoms with E-state index in [1.807, 2.05) is 12.1 Å². The summed E-state index contributed by atoms with van der Waals surface area (Å²) in [6, 6.07) is 14.3. The van der Waals surface area contributed by atoms with Crippen molar-refractivity contribution in [1.29, 1.82) is 0 Å². The van der Waals surface area contributed by atoms with Gasteiger partial charge in [-0.1, -0.05) is 46.3 Å². The maximum absolute atomic E-state index is 12.1. The number of hydrogen-bond donors (Lipinski definition) is 2. The lowest BCUT2D eigenvalue weighted by Crippen LogP contribution is -2.35. The van der Waals surface area contributed by atoms with Gasteiger partial charge in [0.1, 0.15) is 0 Å². The number of rotatable bonds is 1. The highest BCUT2D eigenvalue weighted by Crippen LogP contribution is 2.41. The quantitative estimate of drug-likeness (QED) is 0.851. The van der Waals surface area contributed by atoms with Crippen molar-refractivity contribution < 1.29 is 9.90 Å². The Bertz CT molecular complexity index is 627. The molecule has 1 amide bonds. The third-order valence-electron chi connectivity index (χ3n) is 3.14. The molecule has 18 heavy (non-hydrogen) atoms. The summed E-state index contributed by atoms with van der Waals surface area (Å²) in [5, 5.41) is 13.5. The molecule has 1 heterocycles. The first-order valence-electron chi connectivity index (χ1n) is 5.52. The first-order chi connectivity index (χ1) is 8.62. The average molecular weight is 304 g/mol. The van der Waals surface area contributed by atoms with Gasteiger partial charge in [-0.15, -0.1) is 0 Å². The molecule has 0 spiro atoms. The molecule has 2 aromatic carbocycles. The van der Waals surface area contributed by atoms with Gasteiger partial charge in [-0.05, 0) is 23.8 Å². The van der Waals surface area contributed by atoms with Crippen molar-refractivity contribution in [1.82, 2.24) is 0 Å². The lowest BCUT2D eigenvalue weighted by Gasteiger charge is -2.21. The van der Waals surface area contributed by atoms with Crippen molar-refractivity contribution in [2.75, 3.05) is 5.32 Å². The molecule has 1 aliphatic rings. The smallest absolute Gasteiger partial charge is 0.265 e. The largest absolute Gasteiger partial charge is 0.372 e. The second-order valence-corrected chi connectivity index (χ2v) is 5.14. The summed E-state index contributed by atoms with van der Waals surface area (Å²) in [6.45, 7) is 0. The molecule has 3 rings (SSSR count). The van der Waals surface area contributed by atoms with E-state index in [1.165, 1.54) is 0 Å². The van der Waals surface area contributed by atoms with Crippen LogP contribution >= 0.6 is 15.9 Å². The summed E-state index contributed by atoms with van der Waals surface area (Å²) >= 11 is 3.36. The fourth-order valence-electron chi connectivity index (χ4n) is 2.23. The predicted octanol–water partition coefficient (Wildman–Crippen LogP) is 2.64. The van der Waals surface area contributed by atoms with Gasteiger partial charge in [0.05, 0.1) is 0 Å². The SMILES string of the molecule is O=C1Nc2ccc(Br)cc2[C@]1(O)c1ccccc1. The van der Waals surface area contributed by atoms with Crippen molar-refractivity contribution in [2.24, 2.45) is 0 Å². The van der Waals surface area contributed by atoms with E-state index in [-0.39, 0.29) is 0 Å². The zero-order chi connectivity index (χ0) is 12.8. The number of fused-ring (bicyclic) bond motifs is 1. The first-order valence-corrected chi connectivity index (χ1v) is 6.31. The molecule has 0 bridgehead atoms. The molecular weight excluding hydrogens is 294 g/mol. The van der Waals surface area contributed by atoms with E-state index in [9.17, 15) is 9.90 Å². The number of carbonyl (C=O) groups is 1. The minimum Gasteiger partial charge on any atom is -0.372 e. The lowest BCUT2D eigenvalue weighted by atomic mass is 9.88. The number of benzene rings is 2. The molecule has 1 aliphatic heterocycles. The van der Waals surface area contributed by atoms with Crippen molar-refractivity contribution in [3.8, 4) is 0 Å². The minimum absolute atomic E-state index is 0.415. The molecule has 2 aromatic rings. The molecule has 0 aliphatic carbocycles. The summed E-state index contributed by atoms with van der Waals surface area (Å²) in [7, 11) is 0. The van der Waals surface area contributed by atoms with E-state index in [0.717, 1.165) is 4.47 Å². The maximum atomic E-state index is 12.1. The van der Waals surface area contributed by atoms with E-state index in [0.29, 0.717) is 16.8 Å². The zero-order valence-corrected chi connectivity index (χ0v) is 10.9. The van der Waals surface area contributed by atoms with E-state index < -0.39 is 11.5 Å². The average Bonchev–Trinajstić information content (AvgIpc) is 2.64. The van der Waals surface area contributed by atoms with Crippen LogP contribution in [0.4, 0.5) is 5.69 Å².